The first-order valence-electron chi connectivity index (χ1n) is 19.7. The maximum atomic E-state index is 14.5. The lowest BCUT2D eigenvalue weighted by Crippen LogP contribution is -2.59. The number of amides is 6. The van der Waals surface area contributed by atoms with E-state index in [1.165, 1.54) is 23.9 Å². The van der Waals surface area contributed by atoms with Gasteiger partial charge in [-0.1, -0.05) is 49.6 Å². The van der Waals surface area contributed by atoms with Gasteiger partial charge in [0.1, 0.15) is 23.7 Å². The fourth-order valence-corrected chi connectivity index (χ4v) is 7.94. The molecule has 0 bridgehead atoms. The summed E-state index contributed by atoms with van der Waals surface area (Å²) in [6.07, 6.45) is -4.70. The van der Waals surface area contributed by atoms with E-state index in [1.54, 1.807) is 65.0 Å². The van der Waals surface area contributed by atoms with Crippen molar-refractivity contribution in [3.8, 4) is 0 Å². The van der Waals surface area contributed by atoms with Crippen LogP contribution in [0.4, 0.5) is 18.0 Å². The van der Waals surface area contributed by atoms with Crippen LogP contribution in [0.3, 0.4) is 0 Å². The highest BCUT2D eigenvalue weighted by Gasteiger charge is 2.56. The van der Waals surface area contributed by atoms with Crippen molar-refractivity contribution in [2.45, 2.75) is 134 Å². The number of likely N-dealkylation sites (tertiary alicyclic amines) is 1. The summed E-state index contributed by atoms with van der Waals surface area (Å²) in [7, 11) is 2.97. The van der Waals surface area contributed by atoms with Crippen LogP contribution in [-0.4, -0.2) is 120 Å². The van der Waals surface area contributed by atoms with Crippen LogP contribution in [0, 0.1) is 11.8 Å². The Morgan fingerprint density at radius 1 is 0.948 bits per heavy atom. The number of hydrogen-bond donors (Lipinski definition) is 4. The Kier molecular flexibility index (Phi) is 15.0. The van der Waals surface area contributed by atoms with E-state index in [9.17, 15) is 46.7 Å². The standard InChI is InChI=1S/C40H57F3N6O9/c1-38(2,3)58-37(56)47-30(24-16-12-9-13-17-24)36(55)49-22-27-25(20-39(4,5)57-27)31(49)33(52)45-26(18-19-40(41,42)43)32(51)34(53)44-21-28(50)46-29(35(54)48(6)7)23-14-10-8-11-15-23/h8,10-11,14-15,24-27,29-31H,9,12-13,16-22H2,1-7H3,(H,44,53)(H,45,52)(H,46,50)(H,47,56)/t25-,26?,27-,29-,30?,31-/m0/s1. The van der Waals surface area contributed by atoms with Crippen LogP contribution in [0.25, 0.3) is 0 Å². The molecule has 2 saturated heterocycles. The minimum Gasteiger partial charge on any atom is -0.444 e. The molecule has 4 N–H and O–H groups in total. The number of likely N-dealkylation sites (N-methyl/N-ethyl adjacent to an activating group) is 1. The number of alkyl carbamates (subject to hydrolysis) is 1. The maximum Gasteiger partial charge on any atom is 0.408 e. The van der Waals surface area contributed by atoms with Crippen LogP contribution >= 0.6 is 0 Å². The van der Waals surface area contributed by atoms with Crippen LogP contribution in [-0.2, 0) is 38.2 Å². The van der Waals surface area contributed by atoms with E-state index in [2.05, 4.69) is 21.3 Å². The molecule has 1 aromatic rings. The third-order valence-electron chi connectivity index (χ3n) is 10.5. The Morgan fingerprint density at radius 3 is 2.17 bits per heavy atom. The lowest BCUT2D eigenvalue weighted by molar-refractivity contribution is -0.148. The highest BCUT2D eigenvalue weighted by molar-refractivity contribution is 6.38. The first-order chi connectivity index (χ1) is 27.0. The Morgan fingerprint density at radius 2 is 1.59 bits per heavy atom. The minimum atomic E-state index is -4.77. The number of nitrogens with one attached hydrogen (secondary N) is 4. The van der Waals surface area contributed by atoms with Gasteiger partial charge in [0.2, 0.25) is 29.4 Å². The number of fused-ring (bicyclic) bond motifs is 1. The molecule has 18 heteroatoms. The summed E-state index contributed by atoms with van der Waals surface area (Å²) in [6, 6.07) is 2.68. The fourth-order valence-electron chi connectivity index (χ4n) is 7.94. The zero-order valence-corrected chi connectivity index (χ0v) is 34.2. The molecule has 2 aliphatic heterocycles. The van der Waals surface area contributed by atoms with Crippen molar-refractivity contribution in [2.75, 3.05) is 27.2 Å². The number of benzene rings is 1. The molecular formula is C40H57F3N6O9. The van der Waals surface area contributed by atoms with Gasteiger partial charge in [-0.2, -0.15) is 13.2 Å². The first kappa shape index (κ1) is 46.0. The molecule has 1 aliphatic carbocycles. The van der Waals surface area contributed by atoms with E-state index in [4.69, 9.17) is 9.47 Å². The lowest BCUT2D eigenvalue weighted by Gasteiger charge is -2.36. The summed E-state index contributed by atoms with van der Waals surface area (Å²) in [6.45, 7) is 7.74. The number of rotatable bonds is 14. The Bertz CT molecular complexity index is 1680. The number of nitrogens with zero attached hydrogens (tertiary/aromatic N) is 2. The van der Waals surface area contributed by atoms with Crippen LogP contribution in [0.5, 0.6) is 0 Å². The fraction of sp³-hybridized carbons (Fsp3) is 0.675. The Hall–Kier alpha value is -4.74. The molecular weight excluding hydrogens is 765 g/mol. The summed E-state index contributed by atoms with van der Waals surface area (Å²) in [5, 5.41) is 9.64. The predicted molar refractivity (Wildman–Crippen MR) is 204 cm³/mol. The number of ether oxygens (including phenoxy) is 2. The topological polar surface area (TPSA) is 193 Å². The predicted octanol–water partition coefficient (Wildman–Crippen LogP) is 3.31. The SMILES string of the molecule is CN(C)C(=O)[C@@H](NC(=O)CNC(=O)C(=O)C(CCC(F)(F)F)NC(=O)[C@@H]1[C@H]2CC(C)(C)O[C@H]2CN1C(=O)C(NC(=O)OC(C)(C)C)C1CCCCC1)c1ccccc1. The molecule has 4 rings (SSSR count). The summed E-state index contributed by atoms with van der Waals surface area (Å²) >= 11 is 0. The van der Waals surface area contributed by atoms with Gasteiger partial charge >= 0.3 is 12.3 Å². The van der Waals surface area contributed by atoms with Crippen LogP contribution in [0.1, 0.15) is 97.6 Å². The highest BCUT2D eigenvalue weighted by Crippen LogP contribution is 2.43. The quantitative estimate of drug-likeness (QED) is 0.204. The number of halogens is 3. The number of carbonyl (C=O) groups is 7. The lowest BCUT2D eigenvalue weighted by atomic mass is 9.83. The summed E-state index contributed by atoms with van der Waals surface area (Å²) in [4.78, 5) is 96.7. The van der Waals surface area contributed by atoms with E-state index in [-0.39, 0.29) is 18.9 Å². The minimum absolute atomic E-state index is 0.0682. The molecule has 0 aromatic heterocycles. The molecule has 1 saturated carbocycles. The average molecular weight is 823 g/mol. The maximum absolute atomic E-state index is 14.5. The van der Waals surface area contributed by atoms with E-state index < -0.39 is 114 Å². The zero-order chi connectivity index (χ0) is 43.2. The van der Waals surface area contributed by atoms with Gasteiger partial charge in [-0.25, -0.2) is 4.79 Å². The van der Waals surface area contributed by atoms with Crippen molar-refractivity contribution in [1.29, 1.82) is 0 Å². The van der Waals surface area contributed by atoms with Crippen molar-refractivity contribution in [2.24, 2.45) is 11.8 Å². The molecule has 3 aliphatic rings. The smallest absolute Gasteiger partial charge is 0.408 e. The van der Waals surface area contributed by atoms with Gasteiger partial charge in [-0.05, 0) is 71.8 Å². The second-order valence-corrected chi connectivity index (χ2v) is 17.1. The van der Waals surface area contributed by atoms with Gasteiger partial charge < -0.3 is 40.5 Å². The molecule has 0 spiro atoms. The van der Waals surface area contributed by atoms with E-state index >= 15 is 0 Å². The van der Waals surface area contributed by atoms with Gasteiger partial charge in [0.05, 0.1) is 24.3 Å². The van der Waals surface area contributed by atoms with Crippen molar-refractivity contribution >= 4 is 41.4 Å². The molecule has 58 heavy (non-hydrogen) atoms. The number of hydrogen-bond acceptors (Lipinski definition) is 9. The van der Waals surface area contributed by atoms with Gasteiger partial charge in [-0.3, -0.25) is 28.8 Å². The number of alkyl halides is 3. The molecule has 2 heterocycles. The molecule has 6 atom stereocenters. The third-order valence-corrected chi connectivity index (χ3v) is 10.5. The average Bonchev–Trinajstić information content (AvgIpc) is 3.63. The van der Waals surface area contributed by atoms with Gasteiger partial charge in [0, 0.05) is 33.0 Å². The molecule has 15 nitrogen and oxygen atoms in total. The summed E-state index contributed by atoms with van der Waals surface area (Å²) in [5.74, 6) is -6.75. The van der Waals surface area contributed by atoms with Crippen LogP contribution in [0.2, 0.25) is 0 Å². The normalized spacial score (nSPS) is 22.1. The summed E-state index contributed by atoms with van der Waals surface area (Å²) < 4.78 is 52.3. The van der Waals surface area contributed by atoms with Gasteiger partial charge in [0.25, 0.3) is 5.91 Å². The van der Waals surface area contributed by atoms with E-state index in [1.807, 2.05) is 0 Å². The Labute approximate surface area is 336 Å². The van der Waals surface area contributed by atoms with E-state index in [0.29, 0.717) is 18.4 Å². The molecule has 6 amide bonds. The van der Waals surface area contributed by atoms with Crippen LogP contribution in [0.15, 0.2) is 30.3 Å². The van der Waals surface area contributed by atoms with Crippen LogP contribution < -0.4 is 21.3 Å². The van der Waals surface area contributed by atoms with Crippen molar-refractivity contribution in [3.05, 3.63) is 35.9 Å². The zero-order valence-electron chi connectivity index (χ0n) is 34.2. The second kappa shape index (κ2) is 18.9. The monoisotopic (exact) mass is 822 g/mol. The van der Waals surface area contributed by atoms with Gasteiger partial charge in [-0.15, -0.1) is 0 Å². The molecule has 0 radical (unpaired) electrons. The highest BCUT2D eigenvalue weighted by atomic mass is 19.4. The second-order valence-electron chi connectivity index (χ2n) is 17.1. The molecule has 3 fully saturated rings. The van der Waals surface area contributed by atoms with Crippen molar-refractivity contribution in [3.63, 3.8) is 0 Å². The largest absolute Gasteiger partial charge is 0.444 e. The molecule has 1 aromatic carbocycles. The van der Waals surface area contributed by atoms with Gasteiger partial charge in [0.15, 0.2) is 0 Å². The Balaban J connectivity index is 1.55. The number of carbonyl (C=O) groups excluding carboxylic acids is 7. The third kappa shape index (κ3) is 12.6. The van der Waals surface area contributed by atoms with Crippen molar-refractivity contribution < 1.29 is 56.2 Å². The van der Waals surface area contributed by atoms with Crippen molar-refractivity contribution in [1.82, 2.24) is 31.1 Å². The summed E-state index contributed by atoms with van der Waals surface area (Å²) in [5.41, 5.74) is -1.15. The number of Topliss-reactive ketones (excluding diaryl/α,β-unsaturated/α-hetero) is 1. The van der Waals surface area contributed by atoms with E-state index in [0.717, 1.165) is 19.3 Å². The number of ketones is 1. The first-order valence-corrected chi connectivity index (χ1v) is 19.7. The molecule has 322 valence electrons. The molecule has 2 unspecified atom stereocenters.